The fourth-order valence-corrected chi connectivity index (χ4v) is 2.01. The van der Waals surface area contributed by atoms with E-state index in [1.807, 2.05) is 13.8 Å². The van der Waals surface area contributed by atoms with Gasteiger partial charge >= 0.3 is 0 Å². The van der Waals surface area contributed by atoms with Gasteiger partial charge in [-0.3, -0.25) is 0 Å². The zero-order valence-corrected chi connectivity index (χ0v) is 10.8. The fourth-order valence-electron chi connectivity index (χ4n) is 2.01. The van der Waals surface area contributed by atoms with Gasteiger partial charge in [0.05, 0.1) is 23.3 Å². The third-order valence-electron chi connectivity index (χ3n) is 3.25. The zero-order chi connectivity index (χ0) is 12.7. The lowest BCUT2D eigenvalue weighted by Crippen LogP contribution is -2.22. The first kappa shape index (κ1) is 14.0. The number of rotatable bonds is 5. The van der Waals surface area contributed by atoms with Crippen molar-refractivity contribution in [2.24, 2.45) is 10.6 Å². The number of hydrogen-bond donors (Lipinski definition) is 1. The van der Waals surface area contributed by atoms with Crippen LogP contribution in [0.3, 0.4) is 0 Å². The van der Waals surface area contributed by atoms with Crippen LogP contribution in [0.1, 0.15) is 52.4 Å². The summed E-state index contributed by atoms with van der Waals surface area (Å²) in [6.07, 6.45) is 5.67. The Morgan fingerprint density at radius 1 is 1.47 bits per heavy atom. The van der Waals surface area contributed by atoms with Gasteiger partial charge in [0.15, 0.2) is 0 Å². The van der Waals surface area contributed by atoms with Crippen molar-refractivity contribution in [2.45, 2.75) is 58.5 Å². The average molecular weight is 238 g/mol. The lowest BCUT2D eigenvalue weighted by molar-refractivity contribution is 0.0351. The van der Waals surface area contributed by atoms with Gasteiger partial charge in [0.25, 0.3) is 0 Å². The summed E-state index contributed by atoms with van der Waals surface area (Å²) in [5.74, 6) is 0. The molecule has 0 aromatic carbocycles. The average Bonchev–Trinajstić information content (AvgIpc) is 2.35. The van der Waals surface area contributed by atoms with Crippen LogP contribution in [-0.2, 0) is 4.74 Å². The van der Waals surface area contributed by atoms with E-state index >= 15 is 0 Å². The molecule has 4 heteroatoms. The first-order chi connectivity index (χ1) is 8.07. The molecule has 17 heavy (non-hydrogen) atoms. The van der Waals surface area contributed by atoms with Gasteiger partial charge in [0.1, 0.15) is 0 Å². The number of oxime groups is 1. The molecular weight excluding hydrogens is 216 g/mol. The van der Waals surface area contributed by atoms with E-state index in [0.29, 0.717) is 6.10 Å². The van der Waals surface area contributed by atoms with Gasteiger partial charge in [0, 0.05) is 6.61 Å². The minimum atomic E-state index is -0.243. The Morgan fingerprint density at radius 2 is 2.12 bits per heavy atom. The highest BCUT2D eigenvalue weighted by Gasteiger charge is 2.19. The second-order valence-electron chi connectivity index (χ2n) is 5.34. The predicted octanol–water partition coefficient (Wildman–Crippen LogP) is 3.11. The Kier molecular flexibility index (Phi) is 5.43. The first-order valence-electron chi connectivity index (χ1n) is 6.30. The molecule has 0 saturated heterocycles. The molecule has 0 atom stereocenters. The smallest absolute Gasteiger partial charge is 0.0683 e. The van der Waals surface area contributed by atoms with Crippen LogP contribution < -0.4 is 0 Å². The molecule has 0 bridgehead atoms. The van der Waals surface area contributed by atoms with Crippen LogP contribution in [0, 0.1) is 16.7 Å². The summed E-state index contributed by atoms with van der Waals surface area (Å²) < 4.78 is 5.77. The number of nitrogens with zero attached hydrogens (tertiary/aromatic N) is 2. The summed E-state index contributed by atoms with van der Waals surface area (Å²) in [5, 5.41) is 20.7. The fraction of sp³-hybridized carbons (Fsp3) is 0.846. The molecule has 0 radical (unpaired) electrons. The highest BCUT2D eigenvalue weighted by Crippen LogP contribution is 2.22. The van der Waals surface area contributed by atoms with Gasteiger partial charge in [0.2, 0.25) is 0 Å². The Balaban J connectivity index is 2.11. The molecule has 0 heterocycles. The van der Waals surface area contributed by atoms with Crippen LogP contribution in [0.4, 0.5) is 0 Å². The van der Waals surface area contributed by atoms with Crippen LogP contribution in [0.5, 0.6) is 0 Å². The third-order valence-corrected chi connectivity index (χ3v) is 3.25. The van der Waals surface area contributed by atoms with E-state index in [0.717, 1.165) is 50.8 Å². The first-order valence-corrected chi connectivity index (χ1v) is 6.30. The third kappa shape index (κ3) is 5.18. The Morgan fingerprint density at radius 3 is 2.65 bits per heavy atom. The molecule has 0 unspecified atom stereocenters. The van der Waals surface area contributed by atoms with E-state index in [1.54, 1.807) is 0 Å². The second kappa shape index (κ2) is 6.61. The van der Waals surface area contributed by atoms with Gasteiger partial charge in [-0.15, -0.1) is 0 Å². The molecule has 1 aliphatic carbocycles. The maximum atomic E-state index is 8.87. The van der Waals surface area contributed by atoms with E-state index in [2.05, 4.69) is 11.2 Å². The minimum absolute atomic E-state index is 0.243. The largest absolute Gasteiger partial charge is 0.411 e. The quantitative estimate of drug-likeness (QED) is 0.454. The molecule has 1 fully saturated rings. The van der Waals surface area contributed by atoms with Crippen molar-refractivity contribution in [2.75, 3.05) is 6.61 Å². The Bertz CT molecular complexity index is 295. The van der Waals surface area contributed by atoms with E-state index in [4.69, 9.17) is 15.2 Å². The topological polar surface area (TPSA) is 65.6 Å². The number of nitriles is 1. The molecule has 1 rings (SSSR count). The van der Waals surface area contributed by atoms with Gasteiger partial charge in [-0.2, -0.15) is 5.26 Å². The standard InChI is InChI=1S/C13H22N2O2/c1-13(2,10-14)8-3-9-17-12-6-4-11(15-16)5-7-12/h12,16H,3-9H2,1-2H3. The summed E-state index contributed by atoms with van der Waals surface area (Å²) in [6.45, 7) is 4.64. The van der Waals surface area contributed by atoms with Crippen molar-refractivity contribution in [3.05, 3.63) is 0 Å². The van der Waals surface area contributed by atoms with Crippen LogP contribution in [0.15, 0.2) is 5.16 Å². The molecule has 1 N–H and O–H groups in total. The van der Waals surface area contributed by atoms with Gasteiger partial charge in [-0.05, 0) is 52.4 Å². The molecule has 1 saturated carbocycles. The minimum Gasteiger partial charge on any atom is -0.411 e. The second-order valence-corrected chi connectivity index (χ2v) is 5.34. The van der Waals surface area contributed by atoms with Crippen LogP contribution >= 0.6 is 0 Å². The van der Waals surface area contributed by atoms with Gasteiger partial charge in [-0.25, -0.2) is 0 Å². The normalized spacial score (nSPS) is 21.0. The molecule has 0 spiro atoms. The number of hydrogen-bond acceptors (Lipinski definition) is 4. The predicted molar refractivity (Wildman–Crippen MR) is 66.1 cm³/mol. The molecule has 0 amide bonds. The highest BCUT2D eigenvalue weighted by molar-refractivity contribution is 5.84. The summed E-state index contributed by atoms with van der Waals surface area (Å²) in [5.41, 5.74) is 0.641. The van der Waals surface area contributed by atoms with Crippen molar-refractivity contribution in [1.29, 1.82) is 5.26 Å². The summed E-state index contributed by atoms with van der Waals surface area (Å²) in [6, 6.07) is 2.29. The summed E-state index contributed by atoms with van der Waals surface area (Å²) in [4.78, 5) is 0. The molecule has 4 nitrogen and oxygen atoms in total. The maximum absolute atomic E-state index is 8.87. The van der Waals surface area contributed by atoms with Crippen molar-refractivity contribution in [1.82, 2.24) is 0 Å². The van der Waals surface area contributed by atoms with Crippen LogP contribution in [0.25, 0.3) is 0 Å². The molecule has 1 aliphatic rings. The van der Waals surface area contributed by atoms with Crippen molar-refractivity contribution >= 4 is 5.71 Å². The number of ether oxygens (including phenoxy) is 1. The Labute approximate surface area is 103 Å². The van der Waals surface area contributed by atoms with E-state index in [-0.39, 0.29) is 5.41 Å². The molecule has 0 aliphatic heterocycles. The van der Waals surface area contributed by atoms with Crippen molar-refractivity contribution in [3.8, 4) is 6.07 Å². The van der Waals surface area contributed by atoms with E-state index in [1.165, 1.54) is 0 Å². The lowest BCUT2D eigenvalue weighted by atomic mass is 9.90. The monoisotopic (exact) mass is 238 g/mol. The van der Waals surface area contributed by atoms with E-state index < -0.39 is 0 Å². The summed E-state index contributed by atoms with van der Waals surface area (Å²) >= 11 is 0. The Hall–Kier alpha value is -1.08. The zero-order valence-electron chi connectivity index (χ0n) is 10.8. The molecule has 0 aromatic rings. The van der Waals surface area contributed by atoms with Crippen LogP contribution in [-0.4, -0.2) is 23.6 Å². The maximum Gasteiger partial charge on any atom is 0.0683 e. The van der Waals surface area contributed by atoms with E-state index in [9.17, 15) is 0 Å². The molecule has 96 valence electrons. The van der Waals surface area contributed by atoms with Crippen molar-refractivity contribution in [3.63, 3.8) is 0 Å². The summed E-state index contributed by atoms with van der Waals surface area (Å²) in [7, 11) is 0. The van der Waals surface area contributed by atoms with Crippen molar-refractivity contribution < 1.29 is 9.94 Å². The van der Waals surface area contributed by atoms with Gasteiger partial charge in [-0.1, -0.05) is 5.16 Å². The van der Waals surface area contributed by atoms with Crippen LogP contribution in [0.2, 0.25) is 0 Å². The van der Waals surface area contributed by atoms with Gasteiger partial charge < -0.3 is 9.94 Å². The SMILES string of the molecule is CC(C)(C#N)CCCOC1CCC(=NO)CC1. The lowest BCUT2D eigenvalue weighted by Gasteiger charge is -2.23. The molecular formula is C13H22N2O2. The highest BCUT2D eigenvalue weighted by atomic mass is 16.5. The molecule has 0 aromatic heterocycles.